The first kappa shape index (κ1) is 17.0. The van der Waals surface area contributed by atoms with Gasteiger partial charge in [0.2, 0.25) is 0 Å². The summed E-state index contributed by atoms with van der Waals surface area (Å²) in [5, 5.41) is 57.1. The van der Waals surface area contributed by atoms with Gasteiger partial charge in [-0.15, -0.1) is 0 Å². The summed E-state index contributed by atoms with van der Waals surface area (Å²) in [6.45, 7) is -0.707. The first-order valence-electron chi connectivity index (χ1n) is 6.86. The van der Waals surface area contributed by atoms with E-state index in [1.54, 1.807) is 0 Å². The average molecular weight is 310 g/mol. The van der Waals surface area contributed by atoms with Crippen molar-refractivity contribution >= 4 is 0 Å². The van der Waals surface area contributed by atoms with Crippen molar-refractivity contribution < 1.29 is 44.8 Å². The summed E-state index contributed by atoms with van der Waals surface area (Å²) in [6, 6.07) is 0. The summed E-state index contributed by atoms with van der Waals surface area (Å²) in [5.74, 6) is 0. The molecule has 0 amide bonds. The molecule has 2 aliphatic heterocycles. The molecule has 0 spiro atoms. The minimum atomic E-state index is -1.53. The highest BCUT2D eigenvalue weighted by Gasteiger charge is 2.43. The van der Waals surface area contributed by atoms with Crippen LogP contribution in [0.5, 0.6) is 0 Å². The zero-order valence-electron chi connectivity index (χ0n) is 11.4. The molecule has 2 heterocycles. The van der Waals surface area contributed by atoms with Crippen LogP contribution in [0.1, 0.15) is 12.8 Å². The highest BCUT2D eigenvalue weighted by molar-refractivity contribution is 4.86. The quantitative estimate of drug-likeness (QED) is 0.313. The molecular formula is C12H22O9. The summed E-state index contributed by atoms with van der Waals surface area (Å²) in [4.78, 5) is 0. The third-order valence-corrected chi connectivity index (χ3v) is 3.72. The van der Waals surface area contributed by atoms with Crippen LogP contribution < -0.4 is 0 Å². The fourth-order valence-corrected chi connectivity index (χ4v) is 2.49. The van der Waals surface area contributed by atoms with Crippen molar-refractivity contribution in [2.45, 2.75) is 62.0 Å². The molecule has 2 saturated heterocycles. The predicted octanol–water partition coefficient (Wildman–Crippen LogP) is -3.34. The average Bonchev–Trinajstić information content (AvgIpc) is 2.47. The lowest BCUT2D eigenvalue weighted by Crippen LogP contribution is -2.56. The van der Waals surface area contributed by atoms with E-state index in [1.807, 2.05) is 0 Å². The van der Waals surface area contributed by atoms with Gasteiger partial charge in [0.1, 0.15) is 12.2 Å². The Morgan fingerprint density at radius 3 is 2.10 bits per heavy atom. The minimum absolute atomic E-state index is 0.0652. The van der Waals surface area contributed by atoms with Crippen molar-refractivity contribution in [2.75, 3.05) is 13.2 Å². The second-order valence-electron chi connectivity index (χ2n) is 5.33. The number of aliphatic hydroxyl groups excluding tert-OH is 6. The van der Waals surface area contributed by atoms with Gasteiger partial charge in [-0.1, -0.05) is 0 Å². The van der Waals surface area contributed by atoms with E-state index in [0.717, 1.165) is 0 Å². The van der Waals surface area contributed by atoms with Crippen LogP contribution in [-0.4, -0.2) is 93.1 Å². The number of aliphatic hydroxyl groups is 6. The Morgan fingerprint density at radius 2 is 1.48 bits per heavy atom. The molecule has 2 fully saturated rings. The molecule has 0 radical (unpaired) electrons. The third-order valence-electron chi connectivity index (χ3n) is 3.72. The molecule has 6 N–H and O–H groups in total. The van der Waals surface area contributed by atoms with Crippen LogP contribution in [0.2, 0.25) is 0 Å². The van der Waals surface area contributed by atoms with Gasteiger partial charge in [0.15, 0.2) is 12.6 Å². The molecule has 9 heteroatoms. The Labute approximate surface area is 121 Å². The third kappa shape index (κ3) is 3.89. The molecule has 8 atom stereocenters. The fraction of sp³-hybridized carbons (Fsp3) is 1.00. The molecule has 0 aliphatic carbocycles. The van der Waals surface area contributed by atoms with E-state index in [9.17, 15) is 20.4 Å². The predicted molar refractivity (Wildman–Crippen MR) is 65.8 cm³/mol. The van der Waals surface area contributed by atoms with Crippen molar-refractivity contribution in [1.29, 1.82) is 0 Å². The molecule has 0 aromatic heterocycles. The Balaban J connectivity index is 2.00. The molecule has 0 aromatic rings. The molecule has 21 heavy (non-hydrogen) atoms. The van der Waals surface area contributed by atoms with E-state index in [2.05, 4.69) is 0 Å². The van der Waals surface area contributed by atoms with Gasteiger partial charge < -0.3 is 44.8 Å². The second-order valence-corrected chi connectivity index (χ2v) is 5.33. The molecule has 5 unspecified atom stereocenters. The smallest absolute Gasteiger partial charge is 0.186 e. The van der Waals surface area contributed by atoms with Crippen LogP contribution in [0.3, 0.4) is 0 Å². The first-order valence-corrected chi connectivity index (χ1v) is 6.86. The minimum Gasteiger partial charge on any atom is -0.394 e. The van der Waals surface area contributed by atoms with Crippen LogP contribution in [0.4, 0.5) is 0 Å². The van der Waals surface area contributed by atoms with Gasteiger partial charge in [0.05, 0.1) is 37.6 Å². The van der Waals surface area contributed by atoms with Crippen molar-refractivity contribution in [1.82, 2.24) is 0 Å². The lowest BCUT2D eigenvalue weighted by Gasteiger charge is -2.41. The van der Waals surface area contributed by atoms with Gasteiger partial charge in [0.25, 0.3) is 0 Å². The monoisotopic (exact) mass is 310 g/mol. The van der Waals surface area contributed by atoms with E-state index in [4.69, 9.17) is 24.4 Å². The van der Waals surface area contributed by atoms with Crippen LogP contribution >= 0.6 is 0 Å². The van der Waals surface area contributed by atoms with E-state index in [1.165, 1.54) is 0 Å². The number of hydrogen-bond acceptors (Lipinski definition) is 9. The van der Waals surface area contributed by atoms with Crippen molar-refractivity contribution in [3.05, 3.63) is 0 Å². The van der Waals surface area contributed by atoms with Gasteiger partial charge in [-0.2, -0.15) is 0 Å². The van der Waals surface area contributed by atoms with Crippen LogP contribution in [-0.2, 0) is 14.2 Å². The molecule has 0 aromatic carbocycles. The maximum atomic E-state index is 9.85. The van der Waals surface area contributed by atoms with E-state index < -0.39 is 49.2 Å². The van der Waals surface area contributed by atoms with Gasteiger partial charge in [0, 0.05) is 12.8 Å². The maximum Gasteiger partial charge on any atom is 0.186 e. The number of hydrogen-bond donors (Lipinski definition) is 6. The van der Waals surface area contributed by atoms with Crippen LogP contribution in [0, 0.1) is 0 Å². The Bertz CT molecular complexity index is 298. The largest absolute Gasteiger partial charge is 0.394 e. The summed E-state index contributed by atoms with van der Waals surface area (Å²) in [7, 11) is 0. The second kappa shape index (κ2) is 7.27. The zero-order valence-corrected chi connectivity index (χ0v) is 11.4. The Kier molecular flexibility index (Phi) is 5.88. The molecule has 2 rings (SSSR count). The van der Waals surface area contributed by atoms with Crippen molar-refractivity contribution in [3.8, 4) is 0 Å². The lowest BCUT2D eigenvalue weighted by atomic mass is 10.0. The van der Waals surface area contributed by atoms with E-state index in [-0.39, 0.29) is 26.1 Å². The van der Waals surface area contributed by atoms with Gasteiger partial charge >= 0.3 is 0 Å². The standard InChI is InChI=1S/C12H22O9/c13-3-5-1-7(15)9(16)12(20-5)21-8-2-6(4-14)19-11(18)10(8)17/h5-18H,1-4H2/t5?,6?,7-,8-,9?,10?,11?,12-/m0/s1. The number of ether oxygens (including phenoxy) is 3. The Hall–Kier alpha value is -0.360. The molecule has 2 aliphatic rings. The molecule has 0 bridgehead atoms. The lowest BCUT2D eigenvalue weighted by molar-refractivity contribution is -0.324. The molecular weight excluding hydrogens is 288 g/mol. The Morgan fingerprint density at radius 1 is 0.857 bits per heavy atom. The van der Waals surface area contributed by atoms with Crippen LogP contribution in [0.25, 0.3) is 0 Å². The zero-order chi connectivity index (χ0) is 15.6. The summed E-state index contributed by atoms with van der Waals surface area (Å²) in [5.41, 5.74) is 0. The highest BCUT2D eigenvalue weighted by atomic mass is 16.7. The van der Waals surface area contributed by atoms with Gasteiger partial charge in [-0.3, -0.25) is 0 Å². The SMILES string of the molecule is OCC1C[C@H](O[C@@H]2OC(CO)C[C@H](O)C2O)C(O)C(O)O1. The topological polar surface area (TPSA) is 149 Å². The van der Waals surface area contributed by atoms with Gasteiger partial charge in [-0.05, 0) is 0 Å². The molecule has 9 nitrogen and oxygen atoms in total. The van der Waals surface area contributed by atoms with E-state index >= 15 is 0 Å². The highest BCUT2D eigenvalue weighted by Crippen LogP contribution is 2.27. The molecule has 124 valence electrons. The van der Waals surface area contributed by atoms with Crippen molar-refractivity contribution in [3.63, 3.8) is 0 Å². The van der Waals surface area contributed by atoms with Crippen molar-refractivity contribution in [2.24, 2.45) is 0 Å². The first-order chi connectivity index (χ1) is 9.96. The number of rotatable bonds is 4. The van der Waals surface area contributed by atoms with Gasteiger partial charge in [-0.25, -0.2) is 0 Å². The van der Waals surface area contributed by atoms with E-state index in [0.29, 0.717) is 0 Å². The fourth-order valence-electron chi connectivity index (χ4n) is 2.49. The van der Waals surface area contributed by atoms with Crippen LogP contribution in [0.15, 0.2) is 0 Å². The normalized spacial score (nSPS) is 48.3. The summed E-state index contributed by atoms with van der Waals surface area (Å²) in [6.07, 6.45) is -8.83. The maximum absolute atomic E-state index is 9.85. The summed E-state index contributed by atoms with van der Waals surface area (Å²) < 4.78 is 15.7. The molecule has 0 saturated carbocycles. The summed E-state index contributed by atoms with van der Waals surface area (Å²) >= 11 is 0.